The third-order valence-electron chi connectivity index (χ3n) is 2.46. The van der Waals surface area contributed by atoms with Gasteiger partial charge in [-0.25, -0.2) is 0 Å². The Bertz CT molecular complexity index is 172. The lowest BCUT2D eigenvalue weighted by atomic mass is 10.1. The fourth-order valence-electron chi connectivity index (χ4n) is 1.75. The fraction of sp³-hybridized carbons (Fsp3) is 1.00. The summed E-state index contributed by atoms with van der Waals surface area (Å²) in [6, 6.07) is 0. The highest BCUT2D eigenvalue weighted by molar-refractivity contribution is 4.91. The molecule has 0 N–H and O–H groups in total. The maximum absolute atomic E-state index is 5.53. The van der Waals surface area contributed by atoms with E-state index >= 15 is 0 Å². The maximum Gasteiger partial charge on any atom is 0.194 e. The van der Waals surface area contributed by atoms with Crippen LogP contribution < -0.4 is 0 Å². The van der Waals surface area contributed by atoms with Gasteiger partial charge in [0.25, 0.3) is 0 Å². The largest absolute Gasteiger partial charge is 0.376 e. The summed E-state index contributed by atoms with van der Waals surface area (Å²) in [6.07, 6.45) is -0.0634. The third kappa shape index (κ3) is 1.15. The van der Waals surface area contributed by atoms with Crippen LogP contribution in [0.1, 0.15) is 6.92 Å². The molecule has 2 fully saturated rings. The lowest BCUT2D eigenvalue weighted by molar-refractivity contribution is -0.284. The average molecular weight is 174 g/mol. The second kappa shape index (κ2) is 2.96. The molecule has 0 radical (unpaired) electrons. The van der Waals surface area contributed by atoms with Crippen molar-refractivity contribution in [3.63, 3.8) is 0 Å². The van der Waals surface area contributed by atoms with Gasteiger partial charge in [-0.15, -0.1) is 0 Å². The molecular weight excluding hydrogens is 160 g/mol. The Morgan fingerprint density at radius 3 is 2.92 bits per heavy atom. The summed E-state index contributed by atoms with van der Waals surface area (Å²) >= 11 is 0. The van der Waals surface area contributed by atoms with Crippen molar-refractivity contribution in [2.24, 2.45) is 0 Å². The van der Waals surface area contributed by atoms with Gasteiger partial charge < -0.3 is 18.9 Å². The highest BCUT2D eigenvalue weighted by Gasteiger charge is 2.50. The maximum atomic E-state index is 5.53. The topological polar surface area (TPSA) is 36.9 Å². The van der Waals surface area contributed by atoms with Crippen LogP contribution in [-0.4, -0.2) is 44.9 Å². The molecule has 0 aromatic carbocycles. The Hall–Kier alpha value is -0.160. The van der Waals surface area contributed by atoms with Gasteiger partial charge in [0.15, 0.2) is 5.79 Å². The molecule has 2 aliphatic rings. The van der Waals surface area contributed by atoms with Crippen molar-refractivity contribution >= 4 is 0 Å². The van der Waals surface area contributed by atoms with E-state index in [4.69, 9.17) is 18.9 Å². The van der Waals surface area contributed by atoms with Crippen LogP contribution >= 0.6 is 0 Å². The molecule has 0 aromatic heterocycles. The molecular formula is C8H14O4. The second-order valence-electron chi connectivity index (χ2n) is 3.24. The minimum atomic E-state index is -0.584. The van der Waals surface area contributed by atoms with Gasteiger partial charge in [-0.3, -0.25) is 0 Å². The molecule has 4 heteroatoms. The van der Waals surface area contributed by atoms with Crippen LogP contribution in [0.25, 0.3) is 0 Å². The second-order valence-corrected chi connectivity index (χ2v) is 3.24. The van der Waals surface area contributed by atoms with Gasteiger partial charge in [0.05, 0.1) is 19.8 Å². The van der Waals surface area contributed by atoms with E-state index in [-0.39, 0.29) is 12.2 Å². The van der Waals surface area contributed by atoms with Crippen LogP contribution in [0.5, 0.6) is 0 Å². The first-order valence-electron chi connectivity index (χ1n) is 4.18. The Balaban J connectivity index is 2.11. The number of hydrogen-bond donors (Lipinski definition) is 0. The Kier molecular flexibility index (Phi) is 2.08. The minimum Gasteiger partial charge on any atom is -0.376 e. The van der Waals surface area contributed by atoms with Crippen molar-refractivity contribution in [2.75, 3.05) is 26.9 Å². The molecule has 12 heavy (non-hydrogen) atoms. The molecule has 0 amide bonds. The zero-order chi connectivity index (χ0) is 8.60. The molecule has 2 saturated heterocycles. The summed E-state index contributed by atoms with van der Waals surface area (Å²) in [5.74, 6) is -0.584. The van der Waals surface area contributed by atoms with Gasteiger partial charge in [-0.1, -0.05) is 0 Å². The quantitative estimate of drug-likeness (QED) is 0.567. The van der Waals surface area contributed by atoms with E-state index in [1.165, 1.54) is 0 Å². The predicted molar refractivity (Wildman–Crippen MR) is 40.8 cm³/mol. The van der Waals surface area contributed by atoms with E-state index in [0.717, 1.165) is 0 Å². The zero-order valence-corrected chi connectivity index (χ0v) is 7.41. The van der Waals surface area contributed by atoms with Gasteiger partial charge >= 0.3 is 0 Å². The van der Waals surface area contributed by atoms with E-state index in [1.807, 2.05) is 6.92 Å². The van der Waals surface area contributed by atoms with Gasteiger partial charge in [-0.2, -0.15) is 0 Å². The van der Waals surface area contributed by atoms with E-state index in [9.17, 15) is 0 Å². The van der Waals surface area contributed by atoms with Gasteiger partial charge in [0.2, 0.25) is 0 Å². The molecule has 0 aromatic rings. The number of fused-ring (bicyclic) bond motifs is 1. The molecule has 0 bridgehead atoms. The van der Waals surface area contributed by atoms with Crippen LogP contribution in [0.4, 0.5) is 0 Å². The monoisotopic (exact) mass is 174 g/mol. The van der Waals surface area contributed by atoms with Crippen LogP contribution in [-0.2, 0) is 18.9 Å². The molecule has 2 rings (SSSR count). The minimum absolute atomic E-state index is 0.00954. The average Bonchev–Trinajstić information content (AvgIpc) is 2.41. The Labute approximate surface area is 71.7 Å². The molecule has 70 valence electrons. The van der Waals surface area contributed by atoms with Gasteiger partial charge in [0.1, 0.15) is 12.2 Å². The highest BCUT2D eigenvalue weighted by atomic mass is 16.8. The van der Waals surface area contributed by atoms with E-state index < -0.39 is 5.79 Å². The van der Waals surface area contributed by atoms with Gasteiger partial charge in [-0.05, 0) is 6.92 Å². The van der Waals surface area contributed by atoms with E-state index in [2.05, 4.69) is 0 Å². The molecule has 0 aliphatic carbocycles. The van der Waals surface area contributed by atoms with Crippen molar-refractivity contribution < 1.29 is 18.9 Å². The molecule has 0 spiro atoms. The summed E-state index contributed by atoms with van der Waals surface area (Å²) < 4.78 is 21.7. The lowest BCUT2D eigenvalue weighted by Crippen LogP contribution is -2.49. The number of ether oxygens (including phenoxy) is 4. The molecule has 0 saturated carbocycles. The SMILES string of the molecule is CO[C@@H]1CO[C@@]2(C)OCCO[C@@H]12. The molecule has 4 nitrogen and oxygen atoms in total. The molecule has 0 unspecified atom stereocenters. The van der Waals surface area contributed by atoms with Crippen molar-refractivity contribution in [1.29, 1.82) is 0 Å². The van der Waals surface area contributed by atoms with Crippen molar-refractivity contribution in [1.82, 2.24) is 0 Å². The summed E-state index contributed by atoms with van der Waals surface area (Å²) in [5, 5.41) is 0. The summed E-state index contributed by atoms with van der Waals surface area (Å²) in [6.45, 7) is 3.68. The Morgan fingerprint density at radius 2 is 2.17 bits per heavy atom. The van der Waals surface area contributed by atoms with Gasteiger partial charge in [0, 0.05) is 7.11 Å². The van der Waals surface area contributed by atoms with E-state index in [0.29, 0.717) is 19.8 Å². The lowest BCUT2D eigenvalue weighted by Gasteiger charge is -2.35. The third-order valence-corrected chi connectivity index (χ3v) is 2.46. The Morgan fingerprint density at radius 1 is 1.33 bits per heavy atom. The summed E-state index contributed by atoms with van der Waals surface area (Å²) in [5.41, 5.74) is 0. The normalized spacial score (nSPS) is 47.5. The number of rotatable bonds is 1. The highest BCUT2D eigenvalue weighted by Crippen LogP contribution is 2.33. The first-order chi connectivity index (χ1) is 5.76. The van der Waals surface area contributed by atoms with Crippen molar-refractivity contribution in [2.45, 2.75) is 24.9 Å². The fourth-order valence-corrected chi connectivity index (χ4v) is 1.75. The van der Waals surface area contributed by atoms with Crippen LogP contribution in [0.15, 0.2) is 0 Å². The zero-order valence-electron chi connectivity index (χ0n) is 7.41. The molecule has 2 heterocycles. The first-order valence-corrected chi connectivity index (χ1v) is 4.18. The summed E-state index contributed by atoms with van der Waals surface area (Å²) in [7, 11) is 1.66. The van der Waals surface area contributed by atoms with Crippen molar-refractivity contribution in [3.8, 4) is 0 Å². The molecule has 3 atom stereocenters. The smallest absolute Gasteiger partial charge is 0.194 e. The number of hydrogen-bond acceptors (Lipinski definition) is 4. The standard InChI is InChI=1S/C8H14O4/c1-8-7(10-3-4-11-8)6(9-2)5-12-8/h6-7H,3-5H2,1-2H3/t6-,7+,8-/m1/s1. The van der Waals surface area contributed by atoms with Crippen LogP contribution in [0.3, 0.4) is 0 Å². The van der Waals surface area contributed by atoms with Crippen LogP contribution in [0.2, 0.25) is 0 Å². The predicted octanol–water partition coefficient (Wildman–Crippen LogP) is 0.163. The van der Waals surface area contributed by atoms with Crippen LogP contribution in [0, 0.1) is 0 Å². The summed E-state index contributed by atoms with van der Waals surface area (Å²) in [4.78, 5) is 0. The number of methoxy groups -OCH3 is 1. The first kappa shape index (κ1) is 8.44. The molecule has 2 aliphatic heterocycles. The van der Waals surface area contributed by atoms with Crippen molar-refractivity contribution in [3.05, 3.63) is 0 Å². The van der Waals surface area contributed by atoms with E-state index in [1.54, 1.807) is 7.11 Å².